The molecule has 0 radical (unpaired) electrons. The fourth-order valence-corrected chi connectivity index (χ4v) is 4.08. The maximum atomic E-state index is 14.7. The van der Waals surface area contributed by atoms with E-state index in [2.05, 4.69) is 20.9 Å². The van der Waals surface area contributed by atoms with Gasteiger partial charge >= 0.3 is 5.97 Å². The topological polar surface area (TPSA) is 88.8 Å². The zero-order chi connectivity index (χ0) is 20.5. The van der Waals surface area contributed by atoms with E-state index in [1.807, 2.05) is 0 Å². The molecule has 7 nitrogen and oxygen atoms in total. The number of alkyl halides is 2. The number of halogens is 4. The minimum atomic E-state index is -3.19. The summed E-state index contributed by atoms with van der Waals surface area (Å²) < 4.78 is 34.6. The molecule has 2 atom stereocenters. The number of amides is 1. The smallest absolute Gasteiger partial charge is 0.311 e. The summed E-state index contributed by atoms with van der Waals surface area (Å²) in [5.74, 6) is -3.45. The van der Waals surface area contributed by atoms with Gasteiger partial charge in [0.05, 0.1) is 23.6 Å². The molecule has 1 aliphatic rings. The van der Waals surface area contributed by atoms with Crippen LogP contribution in [0.4, 0.5) is 14.6 Å². The van der Waals surface area contributed by atoms with E-state index in [9.17, 15) is 18.4 Å². The minimum Gasteiger partial charge on any atom is -0.469 e. The van der Waals surface area contributed by atoms with Crippen molar-refractivity contribution in [3.63, 3.8) is 0 Å². The number of rotatable bonds is 6. The first kappa shape index (κ1) is 21.4. The number of hydrogen-bond acceptors (Lipinski definition) is 6. The van der Waals surface area contributed by atoms with E-state index < -0.39 is 35.3 Å². The van der Waals surface area contributed by atoms with Crippen LogP contribution < -0.4 is 10.7 Å². The molecule has 0 spiro atoms. The van der Waals surface area contributed by atoms with E-state index >= 15 is 0 Å². The van der Waals surface area contributed by atoms with E-state index in [0.717, 1.165) is 18.3 Å². The van der Waals surface area contributed by atoms with Crippen molar-refractivity contribution in [2.45, 2.75) is 25.3 Å². The van der Waals surface area contributed by atoms with E-state index in [1.54, 1.807) is 0 Å². The number of carbonyl (C=O) groups is 2. The Balaban J connectivity index is 2.83. The summed E-state index contributed by atoms with van der Waals surface area (Å²) in [5, 5.41) is 2.29. The zero-order valence-corrected chi connectivity index (χ0v) is 17.1. The highest BCUT2D eigenvalue weighted by molar-refractivity contribution is 9.10. The largest absolute Gasteiger partial charge is 0.469 e. The van der Waals surface area contributed by atoms with Crippen LogP contribution in [-0.4, -0.2) is 48.0 Å². The van der Waals surface area contributed by atoms with Gasteiger partial charge in [-0.3, -0.25) is 14.6 Å². The van der Waals surface area contributed by atoms with Crippen molar-refractivity contribution in [2.75, 3.05) is 19.2 Å². The Bertz CT molecular complexity index is 795. The second-order valence-electron chi connectivity index (χ2n) is 5.86. The molecule has 1 aromatic heterocycles. The average Bonchev–Trinajstić information content (AvgIpc) is 2.90. The Morgan fingerprint density at radius 3 is 2.56 bits per heavy atom. The lowest BCUT2D eigenvalue weighted by Gasteiger charge is -2.45. The number of methoxy groups -OCH3 is 1. The molecule has 0 aliphatic carbocycles. The number of pyridine rings is 1. The number of anilines is 1. The van der Waals surface area contributed by atoms with Crippen molar-refractivity contribution in [1.29, 1.82) is 0 Å². The number of ether oxygens (including phenoxy) is 1. The van der Waals surface area contributed by atoms with Crippen LogP contribution in [0.15, 0.2) is 28.5 Å². The highest BCUT2D eigenvalue weighted by Gasteiger charge is 2.63. The Kier molecular flexibility index (Phi) is 6.31. The third-order valence-electron chi connectivity index (χ3n) is 4.43. The lowest BCUT2D eigenvalue weighted by atomic mass is 9.76. The van der Waals surface area contributed by atoms with Gasteiger partial charge in [-0.1, -0.05) is 18.5 Å². The van der Waals surface area contributed by atoms with Crippen molar-refractivity contribution >= 4 is 45.2 Å². The van der Waals surface area contributed by atoms with Crippen LogP contribution in [0.25, 0.3) is 0 Å². The van der Waals surface area contributed by atoms with E-state index in [1.165, 1.54) is 31.2 Å². The van der Waals surface area contributed by atoms with E-state index in [-0.39, 0.29) is 17.3 Å². The fraction of sp³-hybridized carbons (Fsp3) is 0.438. The first-order valence-corrected chi connectivity index (χ1v) is 9.02. The molecule has 2 rings (SSSR count). The van der Waals surface area contributed by atoms with Crippen LogP contribution >= 0.6 is 27.5 Å². The van der Waals surface area contributed by atoms with E-state index in [0.29, 0.717) is 4.47 Å². The first-order valence-electron chi connectivity index (χ1n) is 7.84. The third kappa shape index (κ3) is 3.36. The number of nitrogens with zero attached hydrogens (tertiary/aromatic N) is 3. The number of primary amides is 1. The van der Waals surface area contributed by atoms with Crippen LogP contribution in [0.1, 0.15) is 13.3 Å². The zero-order valence-electron chi connectivity index (χ0n) is 14.7. The molecule has 27 heavy (non-hydrogen) atoms. The average molecular weight is 468 g/mol. The normalized spacial score (nSPS) is 20.7. The van der Waals surface area contributed by atoms with Gasteiger partial charge in [-0.15, -0.1) is 0 Å². The van der Waals surface area contributed by atoms with Crippen LogP contribution in [0.5, 0.6) is 0 Å². The van der Waals surface area contributed by atoms with Gasteiger partial charge < -0.3 is 10.5 Å². The molecule has 0 saturated carbocycles. The van der Waals surface area contributed by atoms with Crippen LogP contribution in [0, 0.1) is 5.92 Å². The van der Waals surface area contributed by atoms with Gasteiger partial charge in [-0.25, -0.2) is 18.8 Å². The number of hydrazine groups is 1. The lowest BCUT2D eigenvalue weighted by molar-refractivity contribution is -0.151. The number of hydrogen-bond donors (Lipinski definition) is 1. The van der Waals surface area contributed by atoms with Crippen LogP contribution in [-0.2, 0) is 14.3 Å². The fourth-order valence-electron chi connectivity index (χ4n) is 3.37. The Hall–Kier alpha value is -1.94. The molecular weight excluding hydrogens is 450 g/mol. The molecular formula is C16H18BrClF2N4O3. The number of carbonyl (C=O) groups excluding carboxylic acids is 2. The van der Waals surface area contributed by atoms with Gasteiger partial charge in [0.25, 0.3) is 6.43 Å². The molecule has 0 bridgehead atoms. The maximum Gasteiger partial charge on any atom is 0.311 e. The second-order valence-corrected chi connectivity index (χ2v) is 7.18. The predicted octanol–water partition coefficient (Wildman–Crippen LogP) is 2.74. The molecule has 0 fully saturated rings. The molecule has 148 valence electrons. The molecule has 1 amide bonds. The summed E-state index contributed by atoms with van der Waals surface area (Å²) in [5.41, 5.74) is 2.55. The molecule has 1 aromatic rings. The molecule has 0 saturated heterocycles. The summed E-state index contributed by atoms with van der Waals surface area (Å²) >= 11 is 9.44. The van der Waals surface area contributed by atoms with Gasteiger partial charge in [-0.05, 0) is 28.4 Å². The summed E-state index contributed by atoms with van der Waals surface area (Å²) in [7, 11) is 2.52. The number of nitrogens with two attached hydrogens (primary N) is 1. The lowest BCUT2D eigenvalue weighted by Crippen LogP contribution is -2.64. The van der Waals surface area contributed by atoms with Crippen molar-refractivity contribution in [3.05, 3.63) is 33.5 Å². The maximum absolute atomic E-state index is 14.7. The molecule has 0 aromatic carbocycles. The summed E-state index contributed by atoms with van der Waals surface area (Å²) in [6, 6.07) is 1.47. The Morgan fingerprint density at radius 1 is 1.48 bits per heavy atom. The van der Waals surface area contributed by atoms with Crippen molar-refractivity contribution < 1.29 is 23.1 Å². The van der Waals surface area contributed by atoms with Gasteiger partial charge in [0.1, 0.15) is 0 Å². The van der Waals surface area contributed by atoms with Crippen molar-refractivity contribution in [2.24, 2.45) is 11.7 Å². The van der Waals surface area contributed by atoms with Crippen molar-refractivity contribution in [1.82, 2.24) is 9.99 Å². The van der Waals surface area contributed by atoms with Crippen molar-refractivity contribution in [3.8, 4) is 0 Å². The summed E-state index contributed by atoms with van der Waals surface area (Å²) in [6.45, 7) is 1.54. The molecule has 2 N–H and O–H groups in total. The molecule has 1 aliphatic heterocycles. The summed E-state index contributed by atoms with van der Waals surface area (Å²) in [6.07, 6.45) is -0.709. The van der Waals surface area contributed by atoms with Gasteiger partial charge in [0, 0.05) is 23.9 Å². The quantitative estimate of drug-likeness (QED) is 0.647. The number of aromatic nitrogens is 1. The first-order chi connectivity index (χ1) is 12.6. The second kappa shape index (κ2) is 7.97. The van der Waals surface area contributed by atoms with Crippen LogP contribution in [0.3, 0.4) is 0 Å². The Morgan fingerprint density at radius 2 is 2.11 bits per heavy atom. The summed E-state index contributed by atoms with van der Waals surface area (Å²) in [4.78, 5) is 28.6. The van der Waals surface area contributed by atoms with Gasteiger partial charge in [0.15, 0.2) is 11.4 Å². The highest BCUT2D eigenvalue weighted by atomic mass is 79.9. The monoisotopic (exact) mass is 466 g/mol. The third-order valence-corrected chi connectivity index (χ3v) is 5.14. The molecule has 2 heterocycles. The van der Waals surface area contributed by atoms with Gasteiger partial charge in [-0.2, -0.15) is 0 Å². The van der Waals surface area contributed by atoms with Crippen LogP contribution in [0.2, 0.25) is 5.02 Å². The molecule has 11 heteroatoms. The highest BCUT2D eigenvalue weighted by Crippen LogP contribution is 2.48. The predicted molar refractivity (Wildman–Crippen MR) is 99.0 cm³/mol. The standard InChI is InChI=1S/C16H18BrClF2N4O3/c1-4-9(14(26)27-3)16(15(19)20)10(12(21)25)7-23(2)24(16)13-11(18)5-8(17)6-22-13/h5-7,9,15H,4H2,1-3H3,(H2,21,25). The number of esters is 1. The Labute approximate surface area is 168 Å². The molecule has 2 unspecified atom stereocenters. The SMILES string of the molecule is CCC(C(=O)OC)C1(C(F)F)C(C(N)=O)=CN(C)N1c1ncc(Br)cc1Cl. The van der Waals surface area contributed by atoms with Gasteiger partial charge in [0.2, 0.25) is 5.91 Å². The minimum absolute atomic E-state index is 0.0415. The van der Waals surface area contributed by atoms with E-state index in [4.69, 9.17) is 22.1 Å².